The van der Waals surface area contributed by atoms with Crippen molar-refractivity contribution in [2.45, 2.75) is 67.0 Å². The Bertz CT molecular complexity index is 681. The van der Waals surface area contributed by atoms with Crippen molar-refractivity contribution in [3.63, 3.8) is 0 Å². The van der Waals surface area contributed by atoms with Gasteiger partial charge in [0.05, 0.1) is 18.4 Å². The van der Waals surface area contributed by atoms with E-state index in [0.29, 0.717) is 13.0 Å². The molecule has 0 unspecified atom stereocenters. The lowest BCUT2D eigenvalue weighted by Gasteiger charge is -2.41. The second-order valence-electron chi connectivity index (χ2n) is 9.16. The smallest absolute Gasteiger partial charge is 0.214 e. The van der Waals surface area contributed by atoms with E-state index in [1.807, 2.05) is 0 Å². The van der Waals surface area contributed by atoms with Gasteiger partial charge < -0.3 is 10.0 Å². The minimum absolute atomic E-state index is 0.0290. The van der Waals surface area contributed by atoms with Crippen LogP contribution in [0.3, 0.4) is 0 Å². The third kappa shape index (κ3) is 4.44. The predicted molar refractivity (Wildman–Crippen MR) is 102 cm³/mol. The summed E-state index contributed by atoms with van der Waals surface area (Å²) >= 11 is 0. The van der Waals surface area contributed by atoms with Crippen molar-refractivity contribution >= 4 is 15.9 Å². The van der Waals surface area contributed by atoms with Gasteiger partial charge in [-0.2, -0.15) is 0 Å². The normalized spacial score (nSPS) is 25.3. The number of rotatable bonds is 4. The lowest BCUT2D eigenvalue weighted by Crippen LogP contribution is -2.45. The molecule has 7 heteroatoms. The fourth-order valence-corrected chi connectivity index (χ4v) is 4.96. The van der Waals surface area contributed by atoms with Crippen LogP contribution in [0.2, 0.25) is 0 Å². The topological polar surface area (TPSA) is 82.0 Å². The Morgan fingerprint density at radius 1 is 1.20 bits per heavy atom. The Morgan fingerprint density at radius 2 is 1.80 bits per heavy atom. The van der Waals surface area contributed by atoms with E-state index in [9.17, 15) is 8.42 Å². The van der Waals surface area contributed by atoms with Gasteiger partial charge in [-0.25, -0.2) is 13.1 Å². The molecule has 0 aromatic heterocycles. The van der Waals surface area contributed by atoms with Crippen LogP contribution in [0.15, 0.2) is 16.3 Å². The van der Waals surface area contributed by atoms with Gasteiger partial charge >= 0.3 is 0 Å². The SMILES string of the molecule is C[C@@H]1N=C(C(C)(C)C)N2C[C@@H](NS(=O)(=O)CCO)CC2=C1C(C)(C)C. The van der Waals surface area contributed by atoms with Crippen molar-refractivity contribution in [2.24, 2.45) is 15.8 Å². The van der Waals surface area contributed by atoms with Crippen molar-refractivity contribution in [3.8, 4) is 0 Å². The summed E-state index contributed by atoms with van der Waals surface area (Å²) in [6, 6.07) is -0.102. The van der Waals surface area contributed by atoms with Crippen molar-refractivity contribution in [2.75, 3.05) is 18.9 Å². The molecule has 2 N–H and O–H groups in total. The quantitative estimate of drug-likeness (QED) is 0.793. The first-order valence-electron chi connectivity index (χ1n) is 8.96. The van der Waals surface area contributed by atoms with Crippen LogP contribution in [-0.2, 0) is 10.0 Å². The molecule has 6 nitrogen and oxygen atoms in total. The van der Waals surface area contributed by atoms with E-state index < -0.39 is 10.0 Å². The first-order valence-corrected chi connectivity index (χ1v) is 10.6. The van der Waals surface area contributed by atoms with Crippen LogP contribution in [0.4, 0.5) is 0 Å². The molecule has 0 bridgehead atoms. The Balaban J connectivity index is 2.41. The number of nitrogens with one attached hydrogen (secondary N) is 1. The average molecular weight is 372 g/mol. The van der Waals surface area contributed by atoms with Crippen LogP contribution in [0.5, 0.6) is 0 Å². The molecule has 2 aliphatic rings. The molecule has 0 aromatic carbocycles. The van der Waals surface area contributed by atoms with E-state index in [1.165, 1.54) is 11.3 Å². The summed E-state index contributed by atoms with van der Waals surface area (Å²) < 4.78 is 26.9. The van der Waals surface area contributed by atoms with E-state index >= 15 is 0 Å². The number of nitrogens with zero attached hydrogens (tertiary/aromatic N) is 2. The highest BCUT2D eigenvalue weighted by Gasteiger charge is 2.43. The minimum atomic E-state index is -3.47. The third-order valence-electron chi connectivity index (χ3n) is 4.65. The number of sulfonamides is 1. The summed E-state index contributed by atoms with van der Waals surface area (Å²) in [4.78, 5) is 7.19. The molecule has 2 heterocycles. The maximum Gasteiger partial charge on any atom is 0.214 e. The number of aliphatic hydroxyl groups is 1. The van der Waals surface area contributed by atoms with E-state index in [-0.39, 0.29) is 35.3 Å². The highest BCUT2D eigenvalue weighted by atomic mass is 32.2. The van der Waals surface area contributed by atoms with Crippen LogP contribution < -0.4 is 4.72 Å². The molecule has 2 atom stereocenters. The second-order valence-corrected chi connectivity index (χ2v) is 11.0. The van der Waals surface area contributed by atoms with Crippen LogP contribution >= 0.6 is 0 Å². The molecule has 25 heavy (non-hydrogen) atoms. The van der Waals surface area contributed by atoms with Crippen molar-refractivity contribution < 1.29 is 13.5 Å². The predicted octanol–water partition coefficient (Wildman–Crippen LogP) is 2.12. The number of aliphatic hydroxyl groups excluding tert-OH is 1. The second kappa shape index (κ2) is 6.67. The largest absolute Gasteiger partial charge is 0.395 e. The Kier molecular flexibility index (Phi) is 5.44. The molecule has 0 saturated carbocycles. The first-order chi connectivity index (χ1) is 11.3. The highest BCUT2D eigenvalue weighted by Crippen LogP contribution is 2.42. The highest BCUT2D eigenvalue weighted by molar-refractivity contribution is 7.89. The zero-order valence-electron chi connectivity index (χ0n) is 16.5. The van der Waals surface area contributed by atoms with E-state index in [2.05, 4.69) is 58.1 Å². The van der Waals surface area contributed by atoms with Gasteiger partial charge in [-0.3, -0.25) is 4.99 Å². The van der Waals surface area contributed by atoms with Gasteiger partial charge in [0, 0.05) is 30.1 Å². The van der Waals surface area contributed by atoms with E-state index in [1.54, 1.807) is 0 Å². The van der Waals surface area contributed by atoms with Gasteiger partial charge in [-0.05, 0) is 17.9 Å². The number of hydrogen-bond acceptors (Lipinski definition) is 5. The summed E-state index contributed by atoms with van der Waals surface area (Å²) in [5, 5.41) is 8.96. The lowest BCUT2D eigenvalue weighted by molar-refractivity contribution is 0.319. The standard InChI is InChI=1S/C18H33N3O3S/c1-12-15(17(2,3)4)14-10-13(20-25(23,24)9-8-22)11-21(14)16(19-12)18(5,6)7/h12-13,20,22H,8-11H2,1-7H3/t12-,13-/m0/s1. The fraction of sp³-hybridized carbons (Fsp3) is 0.833. The zero-order valence-corrected chi connectivity index (χ0v) is 17.4. The monoisotopic (exact) mass is 371 g/mol. The molecular weight excluding hydrogens is 338 g/mol. The zero-order chi connectivity index (χ0) is 19.2. The molecule has 1 fully saturated rings. The van der Waals surface area contributed by atoms with Crippen molar-refractivity contribution in [3.05, 3.63) is 11.3 Å². The Hall–Kier alpha value is -0.920. The molecule has 144 valence electrons. The Morgan fingerprint density at radius 3 is 2.28 bits per heavy atom. The van der Waals surface area contributed by atoms with Gasteiger partial charge in [-0.15, -0.1) is 0 Å². The van der Waals surface area contributed by atoms with E-state index in [0.717, 1.165) is 5.84 Å². The minimum Gasteiger partial charge on any atom is -0.395 e. The van der Waals surface area contributed by atoms with Crippen molar-refractivity contribution in [1.82, 2.24) is 9.62 Å². The summed E-state index contributed by atoms with van der Waals surface area (Å²) in [6.07, 6.45) is 0.663. The molecule has 0 amide bonds. The van der Waals surface area contributed by atoms with Crippen LogP contribution in [0, 0.1) is 10.8 Å². The molecule has 2 aliphatic heterocycles. The fourth-order valence-electron chi connectivity index (χ4n) is 3.94. The van der Waals surface area contributed by atoms with E-state index in [4.69, 9.17) is 10.1 Å². The van der Waals surface area contributed by atoms with Crippen LogP contribution in [0.25, 0.3) is 0 Å². The molecule has 1 saturated heterocycles. The molecular formula is C18H33N3O3S. The molecule has 0 radical (unpaired) electrons. The van der Waals surface area contributed by atoms with Gasteiger partial charge in [0.15, 0.2) is 0 Å². The van der Waals surface area contributed by atoms with Crippen LogP contribution in [0.1, 0.15) is 54.9 Å². The molecule has 0 aromatic rings. The molecule has 0 aliphatic carbocycles. The van der Waals surface area contributed by atoms with Crippen molar-refractivity contribution in [1.29, 1.82) is 0 Å². The number of amidine groups is 1. The number of fused-ring (bicyclic) bond motifs is 1. The maximum absolute atomic E-state index is 12.1. The molecule has 2 rings (SSSR count). The average Bonchev–Trinajstić information content (AvgIpc) is 2.75. The molecule has 0 spiro atoms. The summed E-state index contributed by atoms with van der Waals surface area (Å²) in [6.45, 7) is 15.3. The number of hydrogen-bond donors (Lipinski definition) is 2. The summed E-state index contributed by atoms with van der Waals surface area (Å²) in [5.74, 6) is 0.762. The maximum atomic E-state index is 12.1. The van der Waals surface area contributed by atoms with Crippen LogP contribution in [-0.4, -0.2) is 55.2 Å². The summed E-state index contributed by atoms with van der Waals surface area (Å²) in [5.41, 5.74) is 2.35. The van der Waals surface area contributed by atoms with Gasteiger partial charge in [0.25, 0.3) is 0 Å². The third-order valence-corrected chi connectivity index (χ3v) is 6.07. The van der Waals surface area contributed by atoms with Gasteiger partial charge in [0.2, 0.25) is 10.0 Å². The number of aliphatic imine (C=N–C) groups is 1. The summed E-state index contributed by atoms with van der Waals surface area (Å²) in [7, 11) is -3.47. The van der Waals surface area contributed by atoms with Gasteiger partial charge in [-0.1, -0.05) is 41.5 Å². The van der Waals surface area contributed by atoms with Gasteiger partial charge in [0.1, 0.15) is 5.84 Å². The Labute approximate surface area is 152 Å². The lowest BCUT2D eigenvalue weighted by atomic mass is 9.79. The first kappa shape index (κ1) is 20.4.